The van der Waals surface area contributed by atoms with Gasteiger partial charge in [-0.3, -0.25) is 0 Å². The number of hydrogen-bond acceptors (Lipinski definition) is 6. The third-order valence-electron chi connectivity index (χ3n) is 5.31. The molecular formula is C21H30N6OS. The van der Waals surface area contributed by atoms with E-state index in [0.717, 1.165) is 70.8 Å². The van der Waals surface area contributed by atoms with Crippen molar-refractivity contribution in [1.82, 2.24) is 15.2 Å². The number of piperazine rings is 1. The molecule has 2 saturated heterocycles. The molecule has 1 N–H and O–H groups in total. The number of aromatic nitrogens is 1. The quantitative estimate of drug-likeness (QED) is 0.598. The minimum atomic E-state index is 0.633. The molecule has 0 bridgehead atoms. The Kier molecular flexibility index (Phi) is 6.84. The third kappa shape index (κ3) is 5.00. The van der Waals surface area contributed by atoms with Gasteiger partial charge in [-0.15, -0.1) is 11.3 Å². The molecule has 0 unspecified atom stereocenters. The lowest BCUT2D eigenvalue weighted by molar-refractivity contribution is 0.122. The number of morpholine rings is 1. The number of nitrogens with zero attached hydrogens (tertiary/aromatic N) is 5. The first-order valence-electron chi connectivity index (χ1n) is 10.4. The number of thiophene rings is 1. The van der Waals surface area contributed by atoms with E-state index in [1.807, 2.05) is 23.6 Å². The van der Waals surface area contributed by atoms with E-state index in [9.17, 15) is 0 Å². The van der Waals surface area contributed by atoms with Gasteiger partial charge in [0.05, 0.1) is 24.8 Å². The Hall–Kier alpha value is -2.32. The number of nitrogens with one attached hydrogen (secondary N) is 1. The van der Waals surface area contributed by atoms with Crippen LogP contribution in [0.5, 0.6) is 0 Å². The van der Waals surface area contributed by atoms with Gasteiger partial charge in [0.25, 0.3) is 0 Å². The van der Waals surface area contributed by atoms with Crippen LogP contribution in [0.25, 0.3) is 0 Å². The van der Waals surface area contributed by atoms with Crippen molar-refractivity contribution >= 4 is 28.1 Å². The molecule has 0 radical (unpaired) electrons. The molecule has 2 aromatic heterocycles. The van der Waals surface area contributed by atoms with E-state index in [0.29, 0.717) is 6.54 Å². The summed E-state index contributed by atoms with van der Waals surface area (Å²) in [5.41, 5.74) is 1.17. The van der Waals surface area contributed by atoms with Gasteiger partial charge in [0, 0.05) is 57.6 Å². The highest BCUT2D eigenvalue weighted by Crippen LogP contribution is 2.23. The number of pyridine rings is 1. The standard InChI is InChI=1S/C21H30N6OS/c1-2-22-21(27-10-8-25(9-11-27)19-6-4-16-29-19)24-17-18-5-3-7-23-20(18)26-12-14-28-15-13-26/h3-7,16H,2,8-15,17H2,1H3,(H,22,24). The maximum atomic E-state index is 5.49. The van der Waals surface area contributed by atoms with Crippen LogP contribution in [0.2, 0.25) is 0 Å². The maximum absolute atomic E-state index is 5.49. The fraction of sp³-hybridized carbons (Fsp3) is 0.524. The Morgan fingerprint density at radius 1 is 1.10 bits per heavy atom. The van der Waals surface area contributed by atoms with Crippen molar-refractivity contribution in [2.75, 3.05) is 68.8 Å². The van der Waals surface area contributed by atoms with Crippen molar-refractivity contribution in [3.05, 3.63) is 41.4 Å². The highest BCUT2D eigenvalue weighted by Gasteiger charge is 2.21. The van der Waals surface area contributed by atoms with Crippen LogP contribution in [0.3, 0.4) is 0 Å². The van der Waals surface area contributed by atoms with E-state index >= 15 is 0 Å². The molecule has 0 spiro atoms. The van der Waals surface area contributed by atoms with Crippen molar-refractivity contribution in [3.63, 3.8) is 0 Å². The number of aliphatic imine (C=N–C) groups is 1. The largest absolute Gasteiger partial charge is 0.378 e. The molecule has 0 aromatic carbocycles. The molecule has 4 rings (SSSR count). The summed E-state index contributed by atoms with van der Waals surface area (Å²) in [4.78, 5) is 16.7. The van der Waals surface area contributed by atoms with Gasteiger partial charge in [-0.1, -0.05) is 6.07 Å². The molecule has 0 atom stereocenters. The summed E-state index contributed by atoms with van der Waals surface area (Å²) in [5.74, 6) is 2.04. The van der Waals surface area contributed by atoms with Crippen LogP contribution >= 0.6 is 11.3 Å². The number of anilines is 2. The topological polar surface area (TPSA) is 56.2 Å². The van der Waals surface area contributed by atoms with Crippen LogP contribution < -0.4 is 15.1 Å². The first kappa shape index (κ1) is 20.0. The zero-order chi connectivity index (χ0) is 19.9. The van der Waals surface area contributed by atoms with Gasteiger partial charge in [-0.25, -0.2) is 9.98 Å². The molecule has 2 aliphatic heterocycles. The Labute approximate surface area is 177 Å². The Balaban J connectivity index is 1.43. The van der Waals surface area contributed by atoms with E-state index < -0.39 is 0 Å². The van der Waals surface area contributed by atoms with Crippen LogP contribution in [-0.2, 0) is 11.3 Å². The first-order valence-corrected chi connectivity index (χ1v) is 11.3. The maximum Gasteiger partial charge on any atom is 0.194 e. The Morgan fingerprint density at radius 3 is 2.66 bits per heavy atom. The van der Waals surface area contributed by atoms with Crippen LogP contribution in [0.4, 0.5) is 10.8 Å². The van der Waals surface area contributed by atoms with Crippen LogP contribution in [0.1, 0.15) is 12.5 Å². The summed E-state index contributed by atoms with van der Waals surface area (Å²) in [6.07, 6.45) is 1.87. The molecule has 0 saturated carbocycles. The van der Waals surface area contributed by atoms with Gasteiger partial charge in [0.1, 0.15) is 5.82 Å². The fourth-order valence-electron chi connectivity index (χ4n) is 3.79. The lowest BCUT2D eigenvalue weighted by atomic mass is 10.2. The van der Waals surface area contributed by atoms with Crippen LogP contribution in [-0.4, -0.2) is 74.9 Å². The molecule has 29 heavy (non-hydrogen) atoms. The molecule has 2 fully saturated rings. The Bertz CT molecular complexity index is 782. The average Bonchev–Trinajstić information content (AvgIpc) is 3.33. The lowest BCUT2D eigenvalue weighted by Crippen LogP contribution is -2.52. The summed E-state index contributed by atoms with van der Waals surface area (Å²) < 4.78 is 5.49. The predicted octanol–water partition coefficient (Wildman–Crippen LogP) is 2.27. The third-order valence-corrected chi connectivity index (χ3v) is 6.24. The van der Waals surface area contributed by atoms with Crippen molar-refractivity contribution in [2.45, 2.75) is 13.5 Å². The fourth-order valence-corrected chi connectivity index (χ4v) is 4.57. The summed E-state index contributed by atoms with van der Waals surface area (Å²) in [7, 11) is 0. The van der Waals surface area contributed by atoms with Gasteiger partial charge in [-0.05, 0) is 30.5 Å². The van der Waals surface area contributed by atoms with Gasteiger partial charge in [0.2, 0.25) is 0 Å². The summed E-state index contributed by atoms with van der Waals surface area (Å²) >= 11 is 1.81. The van der Waals surface area contributed by atoms with Crippen LogP contribution in [0.15, 0.2) is 40.8 Å². The highest BCUT2D eigenvalue weighted by atomic mass is 32.1. The van der Waals surface area contributed by atoms with Gasteiger partial charge in [0.15, 0.2) is 5.96 Å². The second-order valence-corrected chi connectivity index (χ2v) is 8.11. The van der Waals surface area contributed by atoms with E-state index in [-0.39, 0.29) is 0 Å². The molecule has 156 valence electrons. The second kappa shape index (κ2) is 9.93. The molecule has 2 aliphatic rings. The zero-order valence-electron chi connectivity index (χ0n) is 17.1. The van der Waals surface area contributed by atoms with Gasteiger partial charge >= 0.3 is 0 Å². The molecular weight excluding hydrogens is 384 g/mol. The zero-order valence-corrected chi connectivity index (χ0v) is 17.9. The number of hydrogen-bond donors (Lipinski definition) is 1. The molecule has 0 amide bonds. The minimum absolute atomic E-state index is 0.633. The molecule has 7 nitrogen and oxygen atoms in total. The van der Waals surface area contributed by atoms with Gasteiger partial charge < -0.3 is 24.8 Å². The molecule has 2 aromatic rings. The normalized spacial score (nSPS) is 18.2. The molecule has 0 aliphatic carbocycles. The van der Waals surface area contributed by atoms with E-state index in [4.69, 9.17) is 9.73 Å². The smallest absolute Gasteiger partial charge is 0.194 e. The van der Waals surface area contributed by atoms with Crippen molar-refractivity contribution in [3.8, 4) is 0 Å². The summed E-state index contributed by atoms with van der Waals surface area (Å²) in [5, 5.41) is 6.98. The van der Waals surface area contributed by atoms with Crippen molar-refractivity contribution < 1.29 is 4.74 Å². The molecule has 8 heteroatoms. The Morgan fingerprint density at radius 2 is 1.93 bits per heavy atom. The number of ether oxygens (including phenoxy) is 1. The first-order chi connectivity index (χ1) is 14.3. The minimum Gasteiger partial charge on any atom is -0.378 e. The van der Waals surface area contributed by atoms with Crippen molar-refractivity contribution in [2.24, 2.45) is 4.99 Å². The van der Waals surface area contributed by atoms with E-state index in [2.05, 4.69) is 55.5 Å². The number of guanidine groups is 1. The van der Waals surface area contributed by atoms with Gasteiger partial charge in [-0.2, -0.15) is 0 Å². The number of rotatable bonds is 5. The summed E-state index contributed by atoms with van der Waals surface area (Å²) in [6.45, 7) is 10.9. The average molecular weight is 415 g/mol. The van der Waals surface area contributed by atoms with Crippen LogP contribution in [0, 0.1) is 0 Å². The van der Waals surface area contributed by atoms with Crippen molar-refractivity contribution in [1.29, 1.82) is 0 Å². The predicted molar refractivity (Wildman–Crippen MR) is 120 cm³/mol. The second-order valence-electron chi connectivity index (χ2n) is 7.18. The summed E-state index contributed by atoms with van der Waals surface area (Å²) in [6, 6.07) is 8.47. The molecule has 4 heterocycles. The monoisotopic (exact) mass is 414 g/mol. The van der Waals surface area contributed by atoms with E-state index in [1.54, 1.807) is 0 Å². The lowest BCUT2D eigenvalue weighted by Gasteiger charge is -2.37. The SMILES string of the molecule is CCNC(=NCc1cccnc1N1CCOCC1)N1CCN(c2cccs2)CC1. The van der Waals surface area contributed by atoms with E-state index in [1.165, 1.54) is 10.6 Å². The highest BCUT2D eigenvalue weighted by molar-refractivity contribution is 7.14.